The minimum Gasteiger partial charge on any atom is -0.496 e. The Labute approximate surface area is 186 Å². The van der Waals surface area contributed by atoms with Gasteiger partial charge in [-0.15, -0.1) is 0 Å². The molecule has 0 unspecified atom stereocenters. The van der Waals surface area contributed by atoms with E-state index in [0.717, 1.165) is 31.0 Å². The summed E-state index contributed by atoms with van der Waals surface area (Å²) in [4.78, 5) is 0. The lowest BCUT2D eigenvalue weighted by atomic mass is 9.92. The number of ether oxygens (including phenoxy) is 1. The predicted octanol–water partition coefficient (Wildman–Crippen LogP) is 5.96. The Morgan fingerprint density at radius 1 is 1.00 bits per heavy atom. The van der Waals surface area contributed by atoms with Gasteiger partial charge in [0, 0.05) is 24.2 Å². The van der Waals surface area contributed by atoms with Crippen LogP contribution in [0.4, 0.5) is 13.2 Å². The van der Waals surface area contributed by atoms with Crippen LogP contribution >= 0.6 is 0 Å². The van der Waals surface area contributed by atoms with Crippen LogP contribution < -0.4 is 15.4 Å². The summed E-state index contributed by atoms with van der Waals surface area (Å²) in [6.45, 7) is 1.46. The summed E-state index contributed by atoms with van der Waals surface area (Å²) >= 11 is 0. The van der Waals surface area contributed by atoms with Crippen LogP contribution in [0.25, 0.3) is 11.1 Å². The molecule has 0 spiro atoms. The average Bonchev–Trinajstić information content (AvgIpc) is 2.83. The van der Waals surface area contributed by atoms with Crippen molar-refractivity contribution in [2.75, 3.05) is 13.7 Å². The summed E-state index contributed by atoms with van der Waals surface area (Å²) in [6, 6.07) is 21.6. The maximum atomic E-state index is 13.5. The third-order valence-corrected chi connectivity index (χ3v) is 6.00. The van der Waals surface area contributed by atoms with Crippen molar-refractivity contribution in [2.24, 2.45) is 0 Å². The van der Waals surface area contributed by atoms with Gasteiger partial charge in [0.15, 0.2) is 0 Å². The highest BCUT2D eigenvalue weighted by atomic mass is 19.4. The van der Waals surface area contributed by atoms with Crippen LogP contribution in [0.5, 0.6) is 5.75 Å². The molecule has 1 fully saturated rings. The van der Waals surface area contributed by atoms with Gasteiger partial charge < -0.3 is 15.4 Å². The van der Waals surface area contributed by atoms with Crippen molar-refractivity contribution < 1.29 is 17.9 Å². The first-order valence-electron chi connectivity index (χ1n) is 10.8. The summed E-state index contributed by atoms with van der Waals surface area (Å²) in [5.41, 5.74) is 2.12. The molecule has 168 valence electrons. The standard InChI is InChI=1S/C26H27F3N2O/c1-32-24-14-13-19(21-10-5-6-11-22(21)26(27,28)29)16-20(24)17-31-23-12-7-15-30-25(23)18-8-3-2-4-9-18/h2-6,8-11,13-14,16,23,25,30-31H,7,12,15,17H2,1H3/t23-,25-/m0/s1. The number of rotatable bonds is 6. The molecule has 6 heteroatoms. The van der Waals surface area contributed by atoms with Gasteiger partial charge in [-0.1, -0.05) is 54.6 Å². The van der Waals surface area contributed by atoms with Crippen molar-refractivity contribution >= 4 is 0 Å². The van der Waals surface area contributed by atoms with E-state index in [9.17, 15) is 13.2 Å². The molecule has 0 saturated carbocycles. The van der Waals surface area contributed by atoms with Gasteiger partial charge in [-0.2, -0.15) is 13.2 Å². The first-order chi connectivity index (χ1) is 15.5. The Kier molecular flexibility index (Phi) is 6.82. The third-order valence-electron chi connectivity index (χ3n) is 6.00. The first-order valence-corrected chi connectivity index (χ1v) is 10.8. The molecule has 0 aliphatic carbocycles. The van der Waals surface area contributed by atoms with E-state index >= 15 is 0 Å². The molecule has 3 nitrogen and oxygen atoms in total. The smallest absolute Gasteiger partial charge is 0.417 e. The highest BCUT2D eigenvalue weighted by Crippen LogP contribution is 2.38. The quantitative estimate of drug-likeness (QED) is 0.496. The van der Waals surface area contributed by atoms with Gasteiger partial charge >= 0.3 is 6.18 Å². The summed E-state index contributed by atoms with van der Waals surface area (Å²) in [5.74, 6) is 0.658. The van der Waals surface area contributed by atoms with Gasteiger partial charge in [-0.3, -0.25) is 0 Å². The van der Waals surface area contributed by atoms with Crippen LogP contribution in [0.1, 0.15) is 35.6 Å². The normalized spacial score (nSPS) is 19.0. The fraction of sp³-hybridized carbons (Fsp3) is 0.308. The van der Waals surface area contributed by atoms with E-state index in [1.165, 1.54) is 17.7 Å². The molecule has 1 aliphatic rings. The molecule has 4 rings (SSSR count). The molecule has 1 saturated heterocycles. The fourth-order valence-corrected chi connectivity index (χ4v) is 4.43. The van der Waals surface area contributed by atoms with Crippen LogP contribution in [0, 0.1) is 0 Å². The number of alkyl halides is 3. The molecule has 0 radical (unpaired) electrons. The molecule has 0 aromatic heterocycles. The van der Waals surface area contributed by atoms with Crippen LogP contribution in [0.2, 0.25) is 0 Å². The van der Waals surface area contributed by atoms with Crippen molar-refractivity contribution in [3.05, 3.63) is 89.5 Å². The molecule has 3 aromatic rings. The predicted molar refractivity (Wildman–Crippen MR) is 120 cm³/mol. The van der Waals surface area contributed by atoms with Crippen LogP contribution in [-0.2, 0) is 12.7 Å². The molecule has 1 heterocycles. The van der Waals surface area contributed by atoms with Gasteiger partial charge in [0.1, 0.15) is 5.75 Å². The summed E-state index contributed by atoms with van der Waals surface area (Å²) in [5, 5.41) is 7.21. The number of halogens is 3. The van der Waals surface area contributed by atoms with Crippen molar-refractivity contribution in [1.29, 1.82) is 0 Å². The number of hydrogen-bond donors (Lipinski definition) is 2. The number of piperidine rings is 1. The second-order valence-corrected chi connectivity index (χ2v) is 8.04. The van der Waals surface area contributed by atoms with Gasteiger partial charge in [-0.25, -0.2) is 0 Å². The van der Waals surface area contributed by atoms with Crippen molar-refractivity contribution in [2.45, 2.75) is 37.6 Å². The van der Waals surface area contributed by atoms with Crippen LogP contribution in [0.15, 0.2) is 72.8 Å². The van der Waals surface area contributed by atoms with Gasteiger partial charge in [0.05, 0.1) is 12.7 Å². The summed E-state index contributed by atoms with van der Waals surface area (Å²) < 4.78 is 46.1. The highest BCUT2D eigenvalue weighted by Gasteiger charge is 2.33. The first kappa shape index (κ1) is 22.4. The highest BCUT2D eigenvalue weighted by molar-refractivity contribution is 5.69. The van der Waals surface area contributed by atoms with Crippen LogP contribution in [-0.4, -0.2) is 19.7 Å². The zero-order valence-corrected chi connectivity index (χ0v) is 18.0. The topological polar surface area (TPSA) is 33.3 Å². The second-order valence-electron chi connectivity index (χ2n) is 8.04. The molecule has 32 heavy (non-hydrogen) atoms. The molecule has 0 amide bonds. The van der Waals surface area contributed by atoms with E-state index in [2.05, 4.69) is 22.8 Å². The molecule has 1 aliphatic heterocycles. The van der Waals surface area contributed by atoms with E-state index in [-0.39, 0.29) is 17.6 Å². The summed E-state index contributed by atoms with van der Waals surface area (Å²) in [6.07, 6.45) is -2.33. The van der Waals surface area contributed by atoms with E-state index in [0.29, 0.717) is 17.9 Å². The Bertz CT molecular complexity index is 1040. The van der Waals surface area contributed by atoms with Crippen LogP contribution in [0.3, 0.4) is 0 Å². The lowest BCUT2D eigenvalue weighted by molar-refractivity contribution is -0.137. The minimum absolute atomic E-state index is 0.172. The van der Waals surface area contributed by atoms with Gasteiger partial charge in [0.25, 0.3) is 0 Å². The van der Waals surface area contributed by atoms with E-state index in [1.54, 1.807) is 31.4 Å². The number of benzene rings is 3. The van der Waals surface area contributed by atoms with Gasteiger partial charge in [0.2, 0.25) is 0 Å². The lowest BCUT2D eigenvalue weighted by Gasteiger charge is -2.34. The lowest BCUT2D eigenvalue weighted by Crippen LogP contribution is -2.45. The minimum atomic E-state index is -4.41. The maximum absolute atomic E-state index is 13.5. The number of hydrogen-bond acceptors (Lipinski definition) is 3. The van der Waals surface area contributed by atoms with E-state index < -0.39 is 11.7 Å². The number of nitrogens with one attached hydrogen (secondary N) is 2. The van der Waals surface area contributed by atoms with Crippen molar-refractivity contribution in [3.8, 4) is 16.9 Å². The maximum Gasteiger partial charge on any atom is 0.417 e. The molecular formula is C26H27F3N2O. The van der Waals surface area contributed by atoms with Crippen molar-refractivity contribution in [1.82, 2.24) is 10.6 Å². The Hall–Kier alpha value is -2.83. The molecule has 2 N–H and O–H groups in total. The largest absolute Gasteiger partial charge is 0.496 e. The average molecular weight is 441 g/mol. The third kappa shape index (κ3) is 4.97. The Morgan fingerprint density at radius 3 is 2.50 bits per heavy atom. The van der Waals surface area contributed by atoms with E-state index in [1.807, 2.05) is 18.2 Å². The van der Waals surface area contributed by atoms with E-state index in [4.69, 9.17) is 4.74 Å². The zero-order valence-electron chi connectivity index (χ0n) is 18.0. The SMILES string of the molecule is COc1ccc(-c2ccccc2C(F)(F)F)cc1CN[C@H]1CCCN[C@H]1c1ccccc1. The molecular weight excluding hydrogens is 413 g/mol. The van der Waals surface area contributed by atoms with Gasteiger partial charge in [-0.05, 0) is 54.3 Å². The zero-order chi connectivity index (χ0) is 22.6. The summed E-state index contributed by atoms with van der Waals surface area (Å²) in [7, 11) is 1.58. The monoisotopic (exact) mass is 440 g/mol. The molecule has 2 atom stereocenters. The second kappa shape index (κ2) is 9.76. The molecule has 0 bridgehead atoms. The fourth-order valence-electron chi connectivity index (χ4n) is 4.43. The molecule has 3 aromatic carbocycles. The van der Waals surface area contributed by atoms with Crippen molar-refractivity contribution in [3.63, 3.8) is 0 Å². The Morgan fingerprint density at radius 2 is 1.75 bits per heavy atom. The number of methoxy groups -OCH3 is 1. The Balaban J connectivity index is 1.59.